The molecule has 4 aliphatic heterocycles. The lowest BCUT2D eigenvalue weighted by Crippen LogP contribution is -2.65. The summed E-state index contributed by atoms with van der Waals surface area (Å²) in [5.74, 6) is -11.1. The minimum absolute atomic E-state index is 0.00815. The highest BCUT2D eigenvalue weighted by molar-refractivity contribution is 6.39. The number of hydrogen-bond donors (Lipinski definition) is 1. The zero-order chi connectivity index (χ0) is 61.0. The van der Waals surface area contributed by atoms with Gasteiger partial charge in [-0.3, -0.25) is 28.8 Å². The van der Waals surface area contributed by atoms with E-state index in [1.54, 1.807) is 48.0 Å². The second kappa shape index (κ2) is 33.2. The average molecular weight is 1170 g/mol. The number of ketones is 3. The molecular weight excluding hydrogens is 1070 g/mol. The van der Waals surface area contributed by atoms with Gasteiger partial charge in [0.2, 0.25) is 5.79 Å². The Morgan fingerprint density at radius 1 is 0.783 bits per heavy atom. The largest absolute Gasteiger partial charge is 0.508 e. The fourth-order valence-corrected chi connectivity index (χ4v) is 12.4. The Kier molecular flexibility index (Phi) is 27.2. The van der Waals surface area contributed by atoms with Crippen LogP contribution in [0.5, 0.6) is 0 Å². The number of nitrogens with zero attached hydrogens (tertiary/aromatic N) is 1. The molecule has 0 aromatic rings. The maximum Gasteiger partial charge on any atom is 0.508 e. The molecule has 0 aromatic heterocycles. The van der Waals surface area contributed by atoms with Crippen LogP contribution < -0.4 is 0 Å². The molecule has 4 fully saturated rings. The summed E-state index contributed by atoms with van der Waals surface area (Å²) in [6.07, 6.45) is 11.2. The van der Waals surface area contributed by atoms with E-state index in [2.05, 4.69) is 13.2 Å². The summed E-state index contributed by atoms with van der Waals surface area (Å²) >= 11 is 0. The van der Waals surface area contributed by atoms with E-state index < -0.39 is 108 Å². The third-order valence-electron chi connectivity index (χ3n) is 17.0. The van der Waals surface area contributed by atoms with Gasteiger partial charge in [-0.1, -0.05) is 89.5 Å². The molecule has 83 heavy (non-hydrogen) atoms. The van der Waals surface area contributed by atoms with E-state index >= 15 is 0 Å². The van der Waals surface area contributed by atoms with Gasteiger partial charge in [0.1, 0.15) is 37.7 Å². The van der Waals surface area contributed by atoms with Gasteiger partial charge < -0.3 is 57.4 Å². The molecular formula is C63H91NO19. The van der Waals surface area contributed by atoms with Crippen molar-refractivity contribution in [3.8, 4) is 0 Å². The second-order valence-electron chi connectivity index (χ2n) is 23.0. The topological polar surface area (TPSA) is 252 Å². The van der Waals surface area contributed by atoms with E-state index in [0.717, 1.165) is 5.57 Å². The summed E-state index contributed by atoms with van der Waals surface area (Å²) < 4.78 is 57.4. The number of methoxy groups -OCH3 is 3. The fourth-order valence-electron chi connectivity index (χ4n) is 12.4. The third kappa shape index (κ3) is 18.9. The van der Waals surface area contributed by atoms with E-state index in [0.29, 0.717) is 63.4 Å². The Morgan fingerprint density at radius 2 is 1.51 bits per heavy atom. The van der Waals surface area contributed by atoms with Crippen LogP contribution in [0.25, 0.3) is 0 Å². The van der Waals surface area contributed by atoms with Gasteiger partial charge in [-0.25, -0.2) is 9.59 Å². The molecule has 1 amide bonds. The van der Waals surface area contributed by atoms with Gasteiger partial charge in [-0.15, -0.1) is 0 Å². The molecule has 5 rings (SSSR count). The maximum absolute atomic E-state index is 14.7. The van der Waals surface area contributed by atoms with Crippen LogP contribution in [0.2, 0.25) is 0 Å². The van der Waals surface area contributed by atoms with Crippen LogP contribution in [0, 0.1) is 41.4 Å². The number of allylic oxidation sites excluding steroid dienone is 6. The minimum Gasteiger partial charge on any atom is -0.461 e. The number of hydrogen-bond acceptors (Lipinski definition) is 19. The molecule has 1 N–H and O–H groups in total. The predicted molar refractivity (Wildman–Crippen MR) is 304 cm³/mol. The van der Waals surface area contributed by atoms with E-state index in [4.69, 9.17) is 47.4 Å². The minimum atomic E-state index is -2.50. The molecule has 4 heterocycles. The molecule has 0 aromatic carbocycles. The normalized spacial score (nSPS) is 33.5. The van der Waals surface area contributed by atoms with Gasteiger partial charge in [0, 0.05) is 64.4 Å². The van der Waals surface area contributed by atoms with Gasteiger partial charge in [-0.2, -0.15) is 0 Å². The Labute approximate surface area is 489 Å². The quantitative estimate of drug-likeness (QED) is 0.0479. The van der Waals surface area contributed by atoms with Crippen LogP contribution in [-0.4, -0.2) is 166 Å². The van der Waals surface area contributed by atoms with Crippen molar-refractivity contribution < 1.29 is 90.8 Å². The van der Waals surface area contributed by atoms with Crippen LogP contribution in [0.15, 0.2) is 72.9 Å². The number of esters is 3. The standard InChI is InChI=1S/C63H91NO19/c1-12-28-78-53(66)25-26-54(67)82-57-42(7)33-40(5)48(65)37-51-47(34-44-22-24-49(52(35-44)75-10)77-30-31-80-62(72)79-29-13-2)46-20-17-27-64(55(46)61(71)81-51)60(70)59(69)63(73)43(8)21-23-45(83-63)36-50(74-9)39(4)19-16-14-15-18-38(3)32-41(6)56(68)58(57)76-11/h12-16,18-19,33,38,40-41,43-47,49-52,55,57-58,73H,1-2,17,20-32,34-37H2,3-11H3/t38-,40-,41-,43-,44+,45+,46?,47+,49-,50+,51+,52-,55+,57-,58+,63-/m1/s1. The lowest BCUT2D eigenvalue weighted by atomic mass is 9.68. The van der Waals surface area contributed by atoms with Gasteiger partial charge in [0.25, 0.3) is 11.7 Å². The summed E-state index contributed by atoms with van der Waals surface area (Å²) in [4.78, 5) is 112. The van der Waals surface area contributed by atoms with Gasteiger partial charge in [0.05, 0.1) is 43.9 Å². The smallest absolute Gasteiger partial charge is 0.461 e. The SMILES string of the molecule is C=CCOC(=O)CCC(=O)O[C@@H]1C(C)=C[C@@H](C)C(=O)C[C@@H]2OC(=O)[C@@H]3C(CCCN3C(=O)C(=O)[C@]3(O)O[C@@H](CC[C@H]3C)C[C@H](OC)C(C)=CC=CC=C[C@@H](C)C[C@@H](C)C(=O)[C@@H]1OC)[C@@H]2C[C@@H]1CC[C@@H](OCCOC(=O)OCC=C)[C@H](OC)C1. The number of carbonyl (C=O) groups is 8. The number of carbonyl (C=O) groups excluding carboxylic acids is 8. The summed E-state index contributed by atoms with van der Waals surface area (Å²) in [6, 6.07) is -1.22. The van der Waals surface area contributed by atoms with Crippen molar-refractivity contribution in [2.75, 3.05) is 54.3 Å². The first-order valence-electron chi connectivity index (χ1n) is 29.4. The highest BCUT2D eigenvalue weighted by Crippen LogP contribution is 2.46. The van der Waals surface area contributed by atoms with Crippen molar-refractivity contribution in [1.29, 1.82) is 0 Å². The van der Waals surface area contributed by atoms with E-state index in [9.17, 15) is 43.5 Å². The van der Waals surface area contributed by atoms with Crippen molar-refractivity contribution in [2.24, 2.45) is 41.4 Å². The van der Waals surface area contributed by atoms with Crippen LogP contribution in [0.1, 0.15) is 125 Å². The maximum atomic E-state index is 14.7. The third-order valence-corrected chi connectivity index (χ3v) is 17.0. The number of rotatable bonds is 17. The molecule has 0 radical (unpaired) electrons. The first kappa shape index (κ1) is 68.1. The monoisotopic (exact) mass is 1170 g/mol. The first-order chi connectivity index (χ1) is 39.6. The molecule has 4 bridgehead atoms. The summed E-state index contributed by atoms with van der Waals surface area (Å²) in [5.41, 5.74) is 1.17. The van der Waals surface area contributed by atoms with Crippen molar-refractivity contribution in [1.82, 2.24) is 4.90 Å². The van der Waals surface area contributed by atoms with Crippen LogP contribution in [0.3, 0.4) is 0 Å². The molecule has 0 spiro atoms. The second-order valence-corrected chi connectivity index (χ2v) is 23.0. The Hall–Kier alpha value is -5.64. The Balaban J connectivity index is 1.52. The lowest BCUT2D eigenvalue weighted by molar-refractivity contribution is -0.266. The molecule has 5 aliphatic rings. The molecule has 1 aliphatic carbocycles. The van der Waals surface area contributed by atoms with E-state index in [-0.39, 0.29) is 94.3 Å². The van der Waals surface area contributed by atoms with Gasteiger partial charge in [0.15, 0.2) is 18.0 Å². The molecule has 16 atom stereocenters. The zero-order valence-corrected chi connectivity index (χ0v) is 50.2. The van der Waals surface area contributed by atoms with E-state index in [1.165, 1.54) is 24.2 Å². The van der Waals surface area contributed by atoms with Crippen molar-refractivity contribution in [3.05, 3.63) is 72.9 Å². The van der Waals surface area contributed by atoms with Crippen LogP contribution in [0.4, 0.5) is 4.79 Å². The highest BCUT2D eigenvalue weighted by Gasteiger charge is 2.57. The van der Waals surface area contributed by atoms with Crippen molar-refractivity contribution in [2.45, 2.75) is 180 Å². The van der Waals surface area contributed by atoms with Gasteiger partial charge in [-0.05, 0) is 101 Å². The molecule has 1 unspecified atom stereocenters. The summed E-state index contributed by atoms with van der Waals surface area (Å²) in [5, 5.41) is 12.2. The molecule has 462 valence electrons. The van der Waals surface area contributed by atoms with E-state index in [1.807, 2.05) is 44.2 Å². The number of piperidine rings is 1. The molecule has 20 nitrogen and oxygen atoms in total. The zero-order valence-electron chi connectivity index (χ0n) is 50.2. The molecule has 3 saturated heterocycles. The van der Waals surface area contributed by atoms with Crippen molar-refractivity contribution in [3.63, 3.8) is 0 Å². The fraction of sp³-hybridized carbons (Fsp3) is 0.683. The van der Waals surface area contributed by atoms with Crippen molar-refractivity contribution >= 4 is 47.3 Å². The van der Waals surface area contributed by atoms with Crippen LogP contribution >= 0.6 is 0 Å². The summed E-state index contributed by atoms with van der Waals surface area (Å²) in [7, 11) is 4.48. The average Bonchev–Trinajstić information content (AvgIpc) is 2.37. The Bertz CT molecular complexity index is 2390. The molecule has 20 heteroatoms. The number of ether oxygens (including phenoxy) is 10. The number of amides is 1. The first-order valence-corrected chi connectivity index (χ1v) is 29.4. The number of fused-ring (bicyclic) bond motifs is 4. The molecule has 1 saturated carbocycles. The predicted octanol–water partition coefficient (Wildman–Crippen LogP) is 7.82. The van der Waals surface area contributed by atoms with Gasteiger partial charge >= 0.3 is 24.1 Å². The number of aliphatic hydroxyl groups is 1. The van der Waals surface area contributed by atoms with Crippen LogP contribution in [-0.2, 0) is 80.9 Å². The highest BCUT2D eigenvalue weighted by atomic mass is 16.7. The Morgan fingerprint density at radius 3 is 2.20 bits per heavy atom. The number of Topliss-reactive ketones (excluding diaryl/α,β-unsaturated/α-hetero) is 3. The lowest BCUT2D eigenvalue weighted by Gasteiger charge is -2.50. The summed E-state index contributed by atoms with van der Waals surface area (Å²) in [6.45, 7) is 17.7.